The Morgan fingerprint density at radius 2 is 1.91 bits per heavy atom. The van der Waals surface area contributed by atoms with E-state index in [4.69, 9.17) is 0 Å². The third-order valence-corrected chi connectivity index (χ3v) is 6.66. The molecule has 0 unspecified atom stereocenters. The lowest BCUT2D eigenvalue weighted by molar-refractivity contribution is 0.0857. The van der Waals surface area contributed by atoms with Crippen molar-refractivity contribution in [1.82, 2.24) is 25.4 Å². The molecule has 2 aromatic heterocycles. The van der Waals surface area contributed by atoms with E-state index in [-0.39, 0.29) is 48.3 Å². The molecule has 2 N–H and O–H groups in total. The Morgan fingerprint density at radius 3 is 2.57 bits per heavy atom. The first-order valence-corrected chi connectivity index (χ1v) is 11.4. The van der Waals surface area contributed by atoms with Crippen LogP contribution in [-0.4, -0.2) is 64.9 Å². The molecule has 1 aromatic carbocycles. The number of benzene rings is 1. The summed E-state index contributed by atoms with van der Waals surface area (Å²) in [6.07, 6.45) is 0.811. The van der Waals surface area contributed by atoms with E-state index < -0.39 is 23.2 Å². The van der Waals surface area contributed by atoms with E-state index in [0.717, 1.165) is 13.1 Å². The summed E-state index contributed by atoms with van der Waals surface area (Å²) >= 11 is 0. The molecule has 182 valence electrons. The van der Waals surface area contributed by atoms with Crippen molar-refractivity contribution in [3.8, 4) is 11.3 Å². The number of likely N-dealkylation sites (tertiary alicyclic amines) is 1. The van der Waals surface area contributed by atoms with Crippen LogP contribution in [-0.2, 0) is 5.41 Å². The molecule has 0 bridgehead atoms. The summed E-state index contributed by atoms with van der Waals surface area (Å²) in [5.41, 5.74) is 0.230. The Morgan fingerprint density at radius 1 is 1.11 bits per heavy atom. The third-order valence-electron chi connectivity index (χ3n) is 6.66. The molecule has 0 radical (unpaired) electrons. The first-order valence-electron chi connectivity index (χ1n) is 11.4. The molecule has 10 heteroatoms. The summed E-state index contributed by atoms with van der Waals surface area (Å²) in [6.45, 7) is 1.79. The van der Waals surface area contributed by atoms with Crippen molar-refractivity contribution in [2.45, 2.75) is 30.5 Å². The molecule has 3 heterocycles. The van der Waals surface area contributed by atoms with Crippen molar-refractivity contribution in [2.24, 2.45) is 0 Å². The Kier molecular flexibility index (Phi) is 6.14. The summed E-state index contributed by atoms with van der Waals surface area (Å²) in [7, 11) is 1.97. The van der Waals surface area contributed by atoms with Gasteiger partial charge < -0.3 is 15.5 Å². The maximum Gasteiger partial charge on any atom is 0.251 e. The number of pyridine rings is 1. The lowest BCUT2D eigenvalue weighted by Gasteiger charge is -2.44. The number of carbonyl (C=O) groups is 1. The molecule has 0 spiro atoms. The number of rotatable bonds is 7. The topological polar surface area (TPSA) is 83.0 Å². The molecule has 1 aliphatic heterocycles. The van der Waals surface area contributed by atoms with Crippen molar-refractivity contribution in [2.75, 3.05) is 32.0 Å². The van der Waals surface area contributed by atoms with Crippen LogP contribution >= 0.6 is 0 Å². The number of aromatic nitrogens is 3. The average molecular weight is 483 g/mol. The number of amides is 1. The SMILES string of the molecule is CN1CC(NC(=O)c2ccc(F)c(-c3ccc(NC[C@]4(c5ncccc5F)C[C@H](F)C4)nn3)c2)C1. The van der Waals surface area contributed by atoms with Crippen molar-refractivity contribution in [3.63, 3.8) is 0 Å². The van der Waals surface area contributed by atoms with Gasteiger partial charge in [0, 0.05) is 42.4 Å². The van der Waals surface area contributed by atoms with E-state index in [2.05, 4.69) is 30.7 Å². The fourth-order valence-corrected chi connectivity index (χ4v) is 4.74. The highest BCUT2D eigenvalue weighted by Gasteiger charge is 2.48. The van der Waals surface area contributed by atoms with Crippen LogP contribution in [0.25, 0.3) is 11.3 Å². The van der Waals surface area contributed by atoms with E-state index in [1.807, 2.05) is 7.05 Å². The predicted octanol–water partition coefficient (Wildman–Crippen LogP) is 3.34. The van der Waals surface area contributed by atoms with Gasteiger partial charge in [0.15, 0.2) is 0 Å². The van der Waals surface area contributed by atoms with Crippen molar-refractivity contribution in [1.29, 1.82) is 0 Å². The van der Waals surface area contributed by atoms with Gasteiger partial charge in [0.2, 0.25) is 0 Å². The second-order valence-electron chi connectivity index (χ2n) is 9.36. The number of anilines is 1. The molecule has 1 saturated carbocycles. The fraction of sp³-hybridized carbons (Fsp3) is 0.360. The number of nitrogens with one attached hydrogen (secondary N) is 2. The fourth-order valence-electron chi connectivity index (χ4n) is 4.74. The van der Waals surface area contributed by atoms with E-state index >= 15 is 0 Å². The molecule has 1 aliphatic carbocycles. The van der Waals surface area contributed by atoms with E-state index in [1.54, 1.807) is 12.1 Å². The Bertz CT molecular complexity index is 1230. The molecule has 35 heavy (non-hydrogen) atoms. The van der Waals surface area contributed by atoms with Gasteiger partial charge in [0.1, 0.15) is 23.6 Å². The largest absolute Gasteiger partial charge is 0.368 e. The first-order chi connectivity index (χ1) is 16.8. The zero-order chi connectivity index (χ0) is 24.6. The average Bonchev–Trinajstić information content (AvgIpc) is 2.81. The molecule has 2 aliphatic rings. The number of hydrogen-bond acceptors (Lipinski definition) is 6. The highest BCUT2D eigenvalue weighted by atomic mass is 19.1. The maximum absolute atomic E-state index is 14.5. The van der Waals surface area contributed by atoms with Gasteiger partial charge in [0.05, 0.1) is 17.4 Å². The van der Waals surface area contributed by atoms with Gasteiger partial charge in [-0.15, -0.1) is 10.2 Å². The molecule has 3 aromatic rings. The monoisotopic (exact) mass is 482 g/mol. The molecule has 1 amide bonds. The molecular weight excluding hydrogens is 457 g/mol. The second kappa shape index (κ2) is 9.26. The third kappa shape index (κ3) is 4.70. The molecule has 0 atom stereocenters. The Hall–Kier alpha value is -3.53. The van der Waals surface area contributed by atoms with Gasteiger partial charge in [-0.1, -0.05) is 0 Å². The second-order valence-corrected chi connectivity index (χ2v) is 9.36. The van der Waals surface area contributed by atoms with E-state index in [0.29, 0.717) is 11.4 Å². The summed E-state index contributed by atoms with van der Waals surface area (Å²) in [5, 5.41) is 14.2. The van der Waals surface area contributed by atoms with Gasteiger partial charge in [-0.2, -0.15) is 0 Å². The molecule has 2 fully saturated rings. The molecule has 1 saturated heterocycles. The van der Waals surface area contributed by atoms with Crippen LogP contribution < -0.4 is 10.6 Å². The minimum atomic E-state index is -1.01. The summed E-state index contributed by atoms with van der Waals surface area (Å²) < 4.78 is 42.6. The van der Waals surface area contributed by atoms with Crippen molar-refractivity contribution < 1.29 is 18.0 Å². The number of carbonyl (C=O) groups excluding carboxylic acids is 1. The van der Waals surface area contributed by atoms with Gasteiger partial charge in [-0.3, -0.25) is 9.78 Å². The van der Waals surface area contributed by atoms with Crippen LogP contribution in [0, 0.1) is 11.6 Å². The zero-order valence-corrected chi connectivity index (χ0v) is 19.1. The van der Waals surface area contributed by atoms with Gasteiger partial charge in [0.25, 0.3) is 5.91 Å². The molecule has 7 nitrogen and oxygen atoms in total. The molecular formula is C25H25F3N6O. The zero-order valence-electron chi connectivity index (χ0n) is 19.1. The highest BCUT2D eigenvalue weighted by Crippen LogP contribution is 2.45. The van der Waals surface area contributed by atoms with Crippen LogP contribution in [0.15, 0.2) is 48.7 Å². The molecule has 5 rings (SSSR count). The van der Waals surface area contributed by atoms with Crippen LogP contribution in [0.2, 0.25) is 0 Å². The minimum Gasteiger partial charge on any atom is -0.368 e. The maximum atomic E-state index is 14.5. The number of nitrogens with zero attached hydrogens (tertiary/aromatic N) is 4. The summed E-state index contributed by atoms with van der Waals surface area (Å²) in [4.78, 5) is 18.8. The van der Waals surface area contributed by atoms with Crippen LogP contribution in [0.1, 0.15) is 28.9 Å². The van der Waals surface area contributed by atoms with Crippen LogP contribution in [0.5, 0.6) is 0 Å². The van der Waals surface area contributed by atoms with Crippen molar-refractivity contribution in [3.05, 3.63) is 71.6 Å². The number of alkyl halides is 1. The standard InChI is InChI=1S/C25H25F3N6O/c1-34-12-17(13-34)31-24(35)15-4-5-19(27)18(9-15)21-6-7-22(33-32-21)30-14-25(10-16(26)11-25)23-20(28)3-2-8-29-23/h2-9,16-17H,10-14H2,1H3,(H,30,33)(H,31,35)/t16-,25-. The number of likely N-dealkylation sites (N-methyl/N-ethyl adjacent to an activating group) is 1. The number of halogens is 3. The Balaban J connectivity index is 1.28. The van der Waals surface area contributed by atoms with Gasteiger partial charge >= 0.3 is 0 Å². The smallest absolute Gasteiger partial charge is 0.251 e. The lowest BCUT2D eigenvalue weighted by Crippen LogP contribution is -2.57. The summed E-state index contributed by atoms with van der Waals surface area (Å²) in [6, 6.07) is 10.2. The normalized spacial score (nSPS) is 22.2. The van der Waals surface area contributed by atoms with Gasteiger partial charge in [-0.25, -0.2) is 13.2 Å². The minimum absolute atomic E-state index is 0.0809. The number of hydrogen-bond donors (Lipinski definition) is 2. The lowest BCUT2D eigenvalue weighted by atomic mass is 9.65. The Labute approximate surface area is 200 Å². The first kappa shape index (κ1) is 23.2. The van der Waals surface area contributed by atoms with Gasteiger partial charge in [-0.05, 0) is 62.4 Å². The predicted molar refractivity (Wildman–Crippen MR) is 125 cm³/mol. The quantitative estimate of drug-likeness (QED) is 0.538. The van der Waals surface area contributed by atoms with Crippen molar-refractivity contribution >= 4 is 11.7 Å². The van der Waals surface area contributed by atoms with E-state index in [1.165, 1.54) is 36.5 Å². The van der Waals surface area contributed by atoms with E-state index in [9.17, 15) is 18.0 Å². The highest BCUT2D eigenvalue weighted by molar-refractivity contribution is 5.95. The van der Waals surface area contributed by atoms with Crippen LogP contribution in [0.4, 0.5) is 19.0 Å². The summed E-state index contributed by atoms with van der Waals surface area (Å²) in [5.74, 6) is -0.871. The van der Waals surface area contributed by atoms with Crippen LogP contribution in [0.3, 0.4) is 0 Å².